The molecule has 2 heterocycles. The van der Waals surface area contributed by atoms with Crippen molar-refractivity contribution in [1.82, 2.24) is 9.47 Å². The van der Waals surface area contributed by atoms with Crippen LogP contribution in [-0.2, 0) is 11.3 Å². The molecule has 1 saturated carbocycles. The molecule has 1 aliphatic heterocycles. The highest BCUT2D eigenvalue weighted by Gasteiger charge is 2.32. The predicted molar refractivity (Wildman–Crippen MR) is 125 cm³/mol. The molecular formula is C25H35FN4O2. The Kier molecular flexibility index (Phi) is 6.84. The van der Waals surface area contributed by atoms with Gasteiger partial charge in [0.15, 0.2) is 0 Å². The summed E-state index contributed by atoms with van der Waals surface area (Å²) in [5.74, 6) is 1.30. The number of rotatable bonds is 6. The molecule has 0 atom stereocenters. The van der Waals surface area contributed by atoms with Crippen LogP contribution in [-0.4, -0.2) is 40.9 Å². The van der Waals surface area contributed by atoms with Crippen LogP contribution in [0, 0.1) is 23.1 Å². The predicted octanol–water partition coefficient (Wildman–Crippen LogP) is 5.23. The molecule has 1 amide bonds. The highest BCUT2D eigenvalue weighted by Crippen LogP contribution is 2.37. The van der Waals surface area contributed by atoms with Crippen LogP contribution in [0.5, 0.6) is 0 Å². The first-order valence-corrected chi connectivity index (χ1v) is 11.9. The third-order valence-corrected chi connectivity index (χ3v) is 7.67. The van der Waals surface area contributed by atoms with Crippen LogP contribution in [0.2, 0.25) is 0 Å². The maximum absolute atomic E-state index is 14.0. The second-order valence-corrected chi connectivity index (χ2v) is 9.72. The average molecular weight is 443 g/mol. The van der Waals surface area contributed by atoms with Crippen LogP contribution in [0.15, 0.2) is 18.2 Å². The molecule has 1 aromatic heterocycles. The Labute approximate surface area is 189 Å². The zero-order valence-corrected chi connectivity index (χ0v) is 19.1. The van der Waals surface area contributed by atoms with Gasteiger partial charge in [-0.2, -0.15) is 0 Å². The Balaban J connectivity index is 1.54. The fourth-order valence-electron chi connectivity index (χ4n) is 5.87. The third kappa shape index (κ3) is 4.53. The molecule has 2 aromatic rings. The number of carbonyl (C=O) groups excluding carboxylic acids is 1. The summed E-state index contributed by atoms with van der Waals surface area (Å²) in [6.07, 6.45) is 7.55. The second-order valence-electron chi connectivity index (χ2n) is 9.72. The van der Waals surface area contributed by atoms with E-state index in [9.17, 15) is 9.18 Å². The van der Waals surface area contributed by atoms with E-state index >= 15 is 0 Å². The van der Waals surface area contributed by atoms with Crippen LogP contribution in [0.25, 0.3) is 10.9 Å². The summed E-state index contributed by atoms with van der Waals surface area (Å²) in [5.41, 5.74) is 7.40. The van der Waals surface area contributed by atoms with E-state index in [1.807, 2.05) is 0 Å². The van der Waals surface area contributed by atoms with Crippen molar-refractivity contribution < 1.29 is 13.9 Å². The van der Waals surface area contributed by atoms with Crippen LogP contribution >= 0.6 is 0 Å². The second kappa shape index (κ2) is 9.61. The fourth-order valence-corrected chi connectivity index (χ4v) is 5.87. The molecule has 174 valence electrons. The lowest BCUT2D eigenvalue weighted by Gasteiger charge is -2.42. The van der Waals surface area contributed by atoms with Crippen molar-refractivity contribution in [3.8, 4) is 0 Å². The lowest BCUT2D eigenvalue weighted by atomic mass is 9.79. The number of hydrogen-bond acceptors (Lipinski definition) is 4. The van der Waals surface area contributed by atoms with Crippen molar-refractivity contribution in [2.45, 2.75) is 71.1 Å². The van der Waals surface area contributed by atoms with Crippen LogP contribution in [0.1, 0.15) is 69.7 Å². The monoisotopic (exact) mass is 442 g/mol. The van der Waals surface area contributed by atoms with E-state index in [-0.39, 0.29) is 18.5 Å². The van der Waals surface area contributed by atoms with Crippen molar-refractivity contribution >= 4 is 23.2 Å². The van der Waals surface area contributed by atoms with Gasteiger partial charge >= 0.3 is 6.09 Å². The molecule has 32 heavy (non-hydrogen) atoms. The maximum atomic E-state index is 14.0. The van der Waals surface area contributed by atoms with Crippen molar-refractivity contribution in [2.75, 3.05) is 13.1 Å². The van der Waals surface area contributed by atoms with Gasteiger partial charge in [-0.15, -0.1) is 0 Å². The number of benzene rings is 1. The van der Waals surface area contributed by atoms with E-state index < -0.39 is 6.09 Å². The van der Waals surface area contributed by atoms with Crippen molar-refractivity contribution in [1.29, 1.82) is 5.41 Å². The molecule has 0 spiro atoms. The molecule has 4 rings (SSSR count). The molecular weight excluding hydrogens is 407 g/mol. The number of hydrogen-bond donors (Lipinski definition) is 2. The maximum Gasteiger partial charge on any atom is 0.404 e. The topological polar surface area (TPSA) is 84.3 Å². The van der Waals surface area contributed by atoms with Gasteiger partial charge < -0.3 is 25.3 Å². The first-order valence-electron chi connectivity index (χ1n) is 11.9. The lowest BCUT2D eigenvalue weighted by molar-refractivity contribution is 0.0876. The number of carbonyl (C=O) groups is 1. The third-order valence-electron chi connectivity index (χ3n) is 7.67. The largest absolute Gasteiger partial charge is 0.443 e. The molecule has 0 bridgehead atoms. The van der Waals surface area contributed by atoms with E-state index in [4.69, 9.17) is 15.9 Å². The molecule has 0 radical (unpaired) electrons. The van der Waals surface area contributed by atoms with Gasteiger partial charge in [0.1, 0.15) is 12.4 Å². The molecule has 0 unspecified atom stereocenters. The number of piperidine rings is 1. The van der Waals surface area contributed by atoms with Gasteiger partial charge in [0.2, 0.25) is 0 Å². The molecule has 6 nitrogen and oxygen atoms in total. The van der Waals surface area contributed by atoms with Gasteiger partial charge in [-0.1, -0.05) is 13.8 Å². The van der Waals surface area contributed by atoms with E-state index in [1.165, 1.54) is 44.0 Å². The van der Waals surface area contributed by atoms with E-state index in [0.29, 0.717) is 17.0 Å². The Morgan fingerprint density at radius 1 is 1.19 bits per heavy atom. The number of ether oxygens (including phenoxy) is 1. The minimum atomic E-state index is -0.851. The van der Waals surface area contributed by atoms with Gasteiger partial charge in [0.05, 0.1) is 5.69 Å². The molecule has 2 aliphatic rings. The summed E-state index contributed by atoms with van der Waals surface area (Å²) < 4.78 is 21.3. The number of fused-ring (bicyclic) bond motifs is 1. The van der Waals surface area contributed by atoms with E-state index in [0.717, 1.165) is 49.0 Å². The van der Waals surface area contributed by atoms with E-state index in [2.05, 4.69) is 23.3 Å². The molecule has 2 fully saturated rings. The normalized spacial score (nSPS) is 23.0. The van der Waals surface area contributed by atoms with Crippen molar-refractivity contribution in [3.63, 3.8) is 0 Å². The number of nitrogens with two attached hydrogens (primary N) is 1. The van der Waals surface area contributed by atoms with E-state index in [1.54, 1.807) is 6.07 Å². The lowest BCUT2D eigenvalue weighted by Crippen LogP contribution is -2.44. The zero-order valence-electron chi connectivity index (χ0n) is 19.1. The number of primary amides is 1. The number of amides is 1. The van der Waals surface area contributed by atoms with Crippen LogP contribution < -0.4 is 5.73 Å². The first kappa shape index (κ1) is 22.8. The summed E-state index contributed by atoms with van der Waals surface area (Å²) in [4.78, 5) is 13.9. The number of likely N-dealkylation sites (tertiary alicyclic amines) is 1. The van der Waals surface area contributed by atoms with Crippen LogP contribution in [0.4, 0.5) is 9.18 Å². The molecule has 1 aliphatic carbocycles. The molecule has 1 saturated heterocycles. The molecule has 7 heteroatoms. The van der Waals surface area contributed by atoms with Gasteiger partial charge in [-0.3, -0.25) is 0 Å². The van der Waals surface area contributed by atoms with Gasteiger partial charge in [-0.25, -0.2) is 9.18 Å². The fraction of sp³-hybridized carbons (Fsp3) is 0.600. The zero-order chi connectivity index (χ0) is 22.8. The summed E-state index contributed by atoms with van der Waals surface area (Å²) in [7, 11) is 0. The highest BCUT2D eigenvalue weighted by molar-refractivity contribution is 6.00. The standard InChI is InChI=1S/C25H35FN4O2/c1-16(2)17-3-6-19(7-4-17)29-11-9-20(10-12-29)30-23-8-5-18(26)13-21(23)22(14-27)24(30)15-32-25(28)31/h5,8,13-14,16-17,19-20,27H,3-4,6-7,9-12,15H2,1-2H3,(H2,28,31)/t17-,19+. The average Bonchev–Trinajstić information content (AvgIpc) is 3.10. The highest BCUT2D eigenvalue weighted by atomic mass is 19.1. The Hall–Kier alpha value is -2.41. The summed E-state index contributed by atoms with van der Waals surface area (Å²) >= 11 is 0. The smallest absolute Gasteiger partial charge is 0.404 e. The SMILES string of the molecule is CC(C)[C@H]1CC[C@@H](N2CCC(n3c(COC(N)=O)c(C=N)c4cc(F)ccc43)CC2)CC1. The van der Waals surface area contributed by atoms with Crippen molar-refractivity contribution in [3.05, 3.63) is 35.3 Å². The van der Waals surface area contributed by atoms with Gasteiger partial charge in [0, 0.05) is 47.9 Å². The number of aromatic nitrogens is 1. The first-order chi connectivity index (χ1) is 15.4. The minimum Gasteiger partial charge on any atom is -0.443 e. The minimum absolute atomic E-state index is 0.0181. The van der Waals surface area contributed by atoms with Gasteiger partial charge in [0.25, 0.3) is 0 Å². The quantitative estimate of drug-likeness (QED) is 0.601. The van der Waals surface area contributed by atoms with Gasteiger partial charge in [-0.05, 0) is 68.6 Å². The Bertz CT molecular complexity index is 970. The Morgan fingerprint density at radius 3 is 2.47 bits per heavy atom. The Morgan fingerprint density at radius 2 is 1.88 bits per heavy atom. The molecule has 1 aromatic carbocycles. The summed E-state index contributed by atoms with van der Waals surface area (Å²) in [6.45, 7) is 6.71. The number of halogens is 1. The summed E-state index contributed by atoms with van der Waals surface area (Å²) in [5, 5.41) is 8.60. The van der Waals surface area contributed by atoms with Crippen molar-refractivity contribution in [2.24, 2.45) is 17.6 Å². The summed E-state index contributed by atoms with van der Waals surface area (Å²) in [6, 6.07) is 5.57. The molecule has 3 N–H and O–H groups in total. The van der Waals surface area contributed by atoms with Crippen LogP contribution in [0.3, 0.4) is 0 Å². The number of nitrogens with zero attached hydrogens (tertiary/aromatic N) is 2. The number of nitrogens with one attached hydrogen (secondary N) is 1.